The minimum absolute atomic E-state index is 0.318. The van der Waals surface area contributed by atoms with E-state index in [1.807, 2.05) is 0 Å². The largest absolute Gasteiger partial charge is 0.399 e. The van der Waals surface area contributed by atoms with Gasteiger partial charge in [0.15, 0.2) is 0 Å². The zero-order valence-electron chi connectivity index (χ0n) is 9.21. The van der Waals surface area contributed by atoms with Crippen LogP contribution in [0.25, 0.3) is 0 Å². The van der Waals surface area contributed by atoms with Crippen molar-refractivity contribution in [1.29, 1.82) is 0 Å². The SMILES string of the molecule is Nc1cc(F)cc(NCCOCC2CC2)c1. The van der Waals surface area contributed by atoms with Gasteiger partial charge >= 0.3 is 0 Å². The first-order chi connectivity index (χ1) is 7.74. The van der Waals surface area contributed by atoms with Gasteiger partial charge in [0.05, 0.1) is 6.61 Å². The molecule has 2 rings (SSSR count). The predicted octanol–water partition coefficient (Wildman–Crippen LogP) is 2.25. The Hall–Kier alpha value is -1.29. The molecule has 1 saturated carbocycles. The molecule has 1 aliphatic carbocycles. The van der Waals surface area contributed by atoms with Crippen LogP contribution >= 0.6 is 0 Å². The summed E-state index contributed by atoms with van der Waals surface area (Å²) < 4.78 is 18.4. The van der Waals surface area contributed by atoms with Crippen LogP contribution in [0.5, 0.6) is 0 Å². The van der Waals surface area contributed by atoms with Gasteiger partial charge in [0, 0.05) is 24.5 Å². The van der Waals surface area contributed by atoms with E-state index in [4.69, 9.17) is 10.5 Å². The van der Waals surface area contributed by atoms with Crippen LogP contribution in [0.15, 0.2) is 18.2 Å². The summed E-state index contributed by atoms with van der Waals surface area (Å²) in [5.41, 5.74) is 6.66. The molecule has 1 aromatic rings. The summed E-state index contributed by atoms with van der Waals surface area (Å²) in [5.74, 6) is 0.464. The molecule has 1 aromatic carbocycles. The Kier molecular flexibility index (Phi) is 3.62. The smallest absolute Gasteiger partial charge is 0.127 e. The van der Waals surface area contributed by atoms with Crippen molar-refractivity contribution in [2.45, 2.75) is 12.8 Å². The van der Waals surface area contributed by atoms with Crippen molar-refractivity contribution in [1.82, 2.24) is 0 Å². The molecule has 3 nitrogen and oxygen atoms in total. The molecule has 0 spiro atoms. The Labute approximate surface area is 94.8 Å². The molecular weight excluding hydrogens is 207 g/mol. The first kappa shape index (κ1) is 11.2. The van der Waals surface area contributed by atoms with Crippen LogP contribution in [0.3, 0.4) is 0 Å². The molecular formula is C12H17FN2O. The summed E-state index contributed by atoms with van der Waals surface area (Å²) in [6, 6.07) is 4.44. The fraction of sp³-hybridized carbons (Fsp3) is 0.500. The van der Waals surface area contributed by atoms with E-state index in [9.17, 15) is 4.39 Å². The highest BCUT2D eigenvalue weighted by molar-refractivity contribution is 5.54. The Bertz CT molecular complexity index is 333. The number of nitrogens with two attached hydrogens (primary N) is 1. The maximum absolute atomic E-state index is 13.0. The molecule has 0 heterocycles. The van der Waals surface area contributed by atoms with Crippen molar-refractivity contribution in [2.75, 3.05) is 30.8 Å². The summed E-state index contributed by atoms with van der Waals surface area (Å²) in [6.45, 7) is 2.18. The van der Waals surface area contributed by atoms with Crippen LogP contribution in [0.2, 0.25) is 0 Å². The molecule has 0 unspecified atom stereocenters. The second-order valence-corrected chi connectivity index (χ2v) is 4.22. The van der Waals surface area contributed by atoms with E-state index in [0.29, 0.717) is 24.5 Å². The highest BCUT2D eigenvalue weighted by Gasteiger charge is 2.20. The molecule has 0 bridgehead atoms. The zero-order valence-corrected chi connectivity index (χ0v) is 9.21. The summed E-state index contributed by atoms with van der Waals surface area (Å²) in [7, 11) is 0. The van der Waals surface area contributed by atoms with Crippen molar-refractivity contribution in [2.24, 2.45) is 5.92 Å². The number of halogens is 1. The first-order valence-electron chi connectivity index (χ1n) is 5.62. The number of nitrogens with one attached hydrogen (secondary N) is 1. The monoisotopic (exact) mass is 224 g/mol. The second-order valence-electron chi connectivity index (χ2n) is 4.22. The fourth-order valence-corrected chi connectivity index (χ4v) is 1.52. The van der Waals surface area contributed by atoms with Gasteiger partial charge in [-0.25, -0.2) is 4.39 Å². The second kappa shape index (κ2) is 5.16. The molecule has 3 N–H and O–H groups in total. The molecule has 16 heavy (non-hydrogen) atoms. The lowest BCUT2D eigenvalue weighted by Crippen LogP contribution is -2.10. The molecule has 0 aliphatic heterocycles. The van der Waals surface area contributed by atoms with Gasteiger partial charge in [0.25, 0.3) is 0 Å². The molecule has 0 atom stereocenters. The molecule has 0 aromatic heterocycles. The maximum Gasteiger partial charge on any atom is 0.127 e. The van der Waals surface area contributed by atoms with Crippen LogP contribution in [0, 0.1) is 11.7 Å². The number of rotatable bonds is 6. The van der Waals surface area contributed by atoms with Gasteiger partial charge in [-0.3, -0.25) is 0 Å². The lowest BCUT2D eigenvalue weighted by atomic mass is 10.2. The molecule has 4 heteroatoms. The maximum atomic E-state index is 13.0. The van der Waals surface area contributed by atoms with E-state index in [2.05, 4.69) is 5.32 Å². The van der Waals surface area contributed by atoms with Crippen LogP contribution < -0.4 is 11.1 Å². The van der Waals surface area contributed by atoms with Crippen LogP contribution in [0.4, 0.5) is 15.8 Å². The van der Waals surface area contributed by atoms with Crippen molar-refractivity contribution in [3.63, 3.8) is 0 Å². The molecule has 1 aliphatic rings. The summed E-state index contributed by atoms with van der Waals surface area (Å²) in [6.07, 6.45) is 2.60. The van der Waals surface area contributed by atoms with Crippen molar-refractivity contribution in [3.05, 3.63) is 24.0 Å². The number of hydrogen-bond donors (Lipinski definition) is 2. The molecule has 0 radical (unpaired) electrons. The normalized spacial score (nSPS) is 15.1. The number of benzene rings is 1. The standard InChI is InChI=1S/C12H17FN2O/c13-10-5-11(14)7-12(6-10)15-3-4-16-8-9-1-2-9/h5-7,9,15H,1-4,8,14H2. The highest BCUT2D eigenvalue weighted by atomic mass is 19.1. The molecule has 0 saturated heterocycles. The Morgan fingerprint density at radius 2 is 2.19 bits per heavy atom. The van der Waals surface area contributed by atoms with Crippen LogP contribution in [0.1, 0.15) is 12.8 Å². The Balaban J connectivity index is 1.67. The van der Waals surface area contributed by atoms with E-state index in [-0.39, 0.29) is 5.82 Å². The van der Waals surface area contributed by atoms with Crippen molar-refractivity contribution in [3.8, 4) is 0 Å². The third-order valence-electron chi connectivity index (χ3n) is 2.55. The fourth-order valence-electron chi connectivity index (χ4n) is 1.52. The minimum atomic E-state index is -0.318. The van der Waals surface area contributed by atoms with E-state index in [1.54, 1.807) is 6.07 Å². The van der Waals surface area contributed by atoms with E-state index in [1.165, 1.54) is 25.0 Å². The minimum Gasteiger partial charge on any atom is -0.399 e. The van der Waals surface area contributed by atoms with Crippen LogP contribution in [-0.4, -0.2) is 19.8 Å². The Morgan fingerprint density at radius 1 is 1.38 bits per heavy atom. The molecule has 1 fully saturated rings. The van der Waals surface area contributed by atoms with E-state index in [0.717, 1.165) is 12.5 Å². The number of ether oxygens (including phenoxy) is 1. The third-order valence-corrected chi connectivity index (χ3v) is 2.55. The van der Waals surface area contributed by atoms with Crippen molar-refractivity contribution >= 4 is 11.4 Å². The summed E-state index contributed by atoms with van der Waals surface area (Å²) >= 11 is 0. The van der Waals surface area contributed by atoms with Gasteiger partial charge in [-0.15, -0.1) is 0 Å². The van der Waals surface area contributed by atoms with Gasteiger partial charge < -0.3 is 15.8 Å². The van der Waals surface area contributed by atoms with E-state index >= 15 is 0 Å². The molecule has 0 amide bonds. The third kappa shape index (κ3) is 3.70. The predicted molar refractivity (Wildman–Crippen MR) is 62.8 cm³/mol. The number of hydrogen-bond acceptors (Lipinski definition) is 3. The topological polar surface area (TPSA) is 47.3 Å². The molecule has 88 valence electrons. The lowest BCUT2D eigenvalue weighted by molar-refractivity contribution is 0.134. The Morgan fingerprint density at radius 3 is 2.88 bits per heavy atom. The number of nitrogen functional groups attached to an aromatic ring is 1. The quantitative estimate of drug-likeness (QED) is 0.575. The average Bonchev–Trinajstić information content (AvgIpc) is 2.99. The van der Waals surface area contributed by atoms with Gasteiger partial charge in [0.2, 0.25) is 0 Å². The summed E-state index contributed by atoms with van der Waals surface area (Å²) in [5, 5.41) is 3.08. The lowest BCUT2D eigenvalue weighted by Gasteiger charge is -2.08. The zero-order chi connectivity index (χ0) is 11.4. The average molecular weight is 224 g/mol. The van der Waals surface area contributed by atoms with Gasteiger partial charge in [0.1, 0.15) is 5.82 Å². The highest BCUT2D eigenvalue weighted by Crippen LogP contribution is 2.28. The van der Waals surface area contributed by atoms with Gasteiger partial charge in [-0.2, -0.15) is 0 Å². The van der Waals surface area contributed by atoms with E-state index < -0.39 is 0 Å². The van der Waals surface area contributed by atoms with Crippen LogP contribution in [-0.2, 0) is 4.74 Å². The van der Waals surface area contributed by atoms with Crippen molar-refractivity contribution < 1.29 is 9.13 Å². The number of anilines is 2. The van der Waals surface area contributed by atoms with Gasteiger partial charge in [-0.05, 0) is 37.0 Å². The first-order valence-corrected chi connectivity index (χ1v) is 5.62. The summed E-state index contributed by atoms with van der Waals surface area (Å²) in [4.78, 5) is 0. The van der Waals surface area contributed by atoms with Gasteiger partial charge in [-0.1, -0.05) is 0 Å².